The molecular formula is C33H33F2N9. The van der Waals surface area contributed by atoms with Crippen LogP contribution < -0.4 is 4.90 Å². The van der Waals surface area contributed by atoms with Crippen molar-refractivity contribution in [1.29, 1.82) is 0 Å². The van der Waals surface area contributed by atoms with Gasteiger partial charge in [0.25, 0.3) is 5.78 Å². The average Bonchev–Trinajstić information content (AvgIpc) is 3.71. The van der Waals surface area contributed by atoms with Gasteiger partial charge in [0.1, 0.15) is 23.5 Å². The lowest BCUT2D eigenvalue weighted by Gasteiger charge is -2.50. The van der Waals surface area contributed by atoms with E-state index in [0.29, 0.717) is 12.3 Å². The Morgan fingerprint density at radius 2 is 1.55 bits per heavy atom. The molecule has 5 heterocycles. The zero-order chi connectivity index (χ0) is 30.4. The SMILES string of the molecule is CC[C@H]1CN(C(c2ccc(F)cc2)c2ccc(F)cc2)[C@H](CC)CN1c1nc2nncn2c2cc(-c3cnn(C)c3)cnc12. The third-order valence-electron chi connectivity index (χ3n) is 8.77. The smallest absolute Gasteiger partial charge is 0.257 e. The number of nitrogens with zero attached hydrogens (tertiary/aromatic N) is 9. The van der Waals surface area contributed by atoms with Crippen molar-refractivity contribution in [2.75, 3.05) is 18.0 Å². The molecule has 0 saturated carbocycles. The fourth-order valence-corrected chi connectivity index (χ4v) is 6.49. The first-order valence-electron chi connectivity index (χ1n) is 14.9. The standard InChI is InChI=1S/C33H33F2N9/c1-4-27-19-43(28(5-2)18-42(27)31(21-6-10-25(34)11-7-21)22-8-12-26(35)13-9-22)32-30-29(44-20-37-40-33(44)39-32)14-23(15-36-30)24-16-38-41(3)17-24/h6-17,20,27-28,31H,4-5,18-19H2,1-3H3/t27-,28+/m1/s1. The number of anilines is 1. The topological polar surface area (TPSA) is 80.3 Å². The van der Waals surface area contributed by atoms with E-state index in [9.17, 15) is 8.78 Å². The number of pyridine rings is 1. The molecule has 0 N–H and O–H groups in total. The van der Waals surface area contributed by atoms with E-state index in [-0.39, 0.29) is 29.8 Å². The minimum atomic E-state index is -0.282. The molecule has 224 valence electrons. The fraction of sp³-hybridized carbons (Fsp3) is 0.303. The van der Waals surface area contributed by atoms with Crippen LogP contribution in [0.2, 0.25) is 0 Å². The number of piperazine rings is 1. The Kier molecular flexibility index (Phi) is 7.25. The molecule has 6 aromatic rings. The molecule has 11 heteroatoms. The highest BCUT2D eigenvalue weighted by Gasteiger charge is 2.38. The zero-order valence-electron chi connectivity index (χ0n) is 24.8. The quantitative estimate of drug-likeness (QED) is 0.231. The summed E-state index contributed by atoms with van der Waals surface area (Å²) in [6.45, 7) is 5.79. The minimum Gasteiger partial charge on any atom is -0.349 e. The van der Waals surface area contributed by atoms with Gasteiger partial charge in [0.15, 0.2) is 5.82 Å². The first-order chi connectivity index (χ1) is 21.4. The van der Waals surface area contributed by atoms with Crippen molar-refractivity contribution < 1.29 is 8.78 Å². The molecule has 0 aliphatic carbocycles. The van der Waals surface area contributed by atoms with Crippen molar-refractivity contribution >= 4 is 22.6 Å². The number of fused-ring (bicyclic) bond motifs is 3. The normalized spacial score (nSPS) is 17.7. The lowest BCUT2D eigenvalue weighted by atomic mass is 9.91. The van der Waals surface area contributed by atoms with Crippen LogP contribution in [0.25, 0.3) is 27.9 Å². The van der Waals surface area contributed by atoms with Gasteiger partial charge in [-0.3, -0.25) is 19.0 Å². The first-order valence-corrected chi connectivity index (χ1v) is 14.9. The van der Waals surface area contributed by atoms with Crippen molar-refractivity contribution in [2.24, 2.45) is 7.05 Å². The van der Waals surface area contributed by atoms with Gasteiger partial charge in [0.2, 0.25) is 0 Å². The second-order valence-corrected chi connectivity index (χ2v) is 11.4. The van der Waals surface area contributed by atoms with Gasteiger partial charge < -0.3 is 4.90 Å². The summed E-state index contributed by atoms with van der Waals surface area (Å²) < 4.78 is 31.6. The Morgan fingerprint density at radius 3 is 2.16 bits per heavy atom. The van der Waals surface area contributed by atoms with Crippen LogP contribution in [0.15, 0.2) is 79.5 Å². The maximum atomic E-state index is 14.0. The number of aryl methyl sites for hydroxylation is 1. The number of hydrogen-bond donors (Lipinski definition) is 0. The molecule has 0 amide bonds. The molecule has 7 rings (SSSR count). The maximum Gasteiger partial charge on any atom is 0.257 e. The van der Waals surface area contributed by atoms with Gasteiger partial charge in [-0.05, 0) is 54.3 Å². The summed E-state index contributed by atoms with van der Waals surface area (Å²) >= 11 is 0. The molecule has 1 aliphatic heterocycles. The van der Waals surface area contributed by atoms with Crippen LogP contribution in [0, 0.1) is 11.6 Å². The van der Waals surface area contributed by atoms with Gasteiger partial charge in [-0.25, -0.2) is 8.78 Å². The Bertz CT molecular complexity index is 1870. The molecule has 4 aromatic heterocycles. The summed E-state index contributed by atoms with van der Waals surface area (Å²) in [5.74, 6) is 0.730. The third-order valence-corrected chi connectivity index (χ3v) is 8.77. The van der Waals surface area contributed by atoms with Gasteiger partial charge in [0.05, 0.1) is 17.8 Å². The van der Waals surface area contributed by atoms with E-state index in [1.165, 1.54) is 24.3 Å². The Morgan fingerprint density at radius 1 is 0.864 bits per heavy atom. The number of aromatic nitrogens is 7. The van der Waals surface area contributed by atoms with E-state index in [0.717, 1.165) is 58.5 Å². The van der Waals surface area contributed by atoms with E-state index in [1.54, 1.807) is 11.0 Å². The molecule has 44 heavy (non-hydrogen) atoms. The third kappa shape index (κ3) is 4.96. The van der Waals surface area contributed by atoms with E-state index in [1.807, 2.05) is 54.3 Å². The number of benzene rings is 2. The highest BCUT2D eigenvalue weighted by Crippen LogP contribution is 2.38. The molecule has 1 saturated heterocycles. The molecular weight excluding hydrogens is 560 g/mol. The predicted molar refractivity (Wildman–Crippen MR) is 165 cm³/mol. The molecule has 0 spiro atoms. The lowest BCUT2D eigenvalue weighted by Crippen LogP contribution is -2.59. The molecule has 0 radical (unpaired) electrons. The summed E-state index contributed by atoms with van der Waals surface area (Å²) in [5.41, 5.74) is 5.51. The zero-order valence-corrected chi connectivity index (χ0v) is 24.8. The molecule has 9 nitrogen and oxygen atoms in total. The number of hydrogen-bond acceptors (Lipinski definition) is 7. The maximum absolute atomic E-state index is 14.0. The Hall–Kier alpha value is -4.77. The highest BCUT2D eigenvalue weighted by molar-refractivity contribution is 5.90. The molecule has 0 unspecified atom stereocenters. The summed E-state index contributed by atoms with van der Waals surface area (Å²) in [6, 6.07) is 15.5. The minimum absolute atomic E-state index is 0.0991. The summed E-state index contributed by atoms with van der Waals surface area (Å²) in [5, 5.41) is 12.8. The van der Waals surface area contributed by atoms with Gasteiger partial charge >= 0.3 is 0 Å². The van der Waals surface area contributed by atoms with Crippen molar-refractivity contribution in [3.05, 3.63) is 102 Å². The number of halogens is 2. The summed E-state index contributed by atoms with van der Waals surface area (Å²) in [4.78, 5) is 14.8. The summed E-state index contributed by atoms with van der Waals surface area (Å²) in [7, 11) is 1.89. The van der Waals surface area contributed by atoms with Crippen LogP contribution in [-0.2, 0) is 7.05 Å². The largest absolute Gasteiger partial charge is 0.349 e. The molecule has 1 aliphatic rings. The van der Waals surface area contributed by atoms with E-state index >= 15 is 0 Å². The van der Waals surface area contributed by atoms with Crippen molar-refractivity contribution in [3.63, 3.8) is 0 Å². The second-order valence-electron chi connectivity index (χ2n) is 11.4. The molecule has 2 aromatic carbocycles. The van der Waals surface area contributed by atoms with Crippen molar-refractivity contribution in [1.82, 2.24) is 39.2 Å². The molecule has 2 atom stereocenters. The van der Waals surface area contributed by atoms with Crippen LogP contribution in [0.3, 0.4) is 0 Å². The highest BCUT2D eigenvalue weighted by atomic mass is 19.1. The lowest BCUT2D eigenvalue weighted by molar-refractivity contribution is 0.110. The van der Waals surface area contributed by atoms with E-state index in [2.05, 4.69) is 45.0 Å². The Balaban J connectivity index is 1.31. The van der Waals surface area contributed by atoms with E-state index in [4.69, 9.17) is 9.97 Å². The van der Waals surface area contributed by atoms with Crippen LogP contribution in [0.5, 0.6) is 0 Å². The van der Waals surface area contributed by atoms with Crippen LogP contribution in [0.1, 0.15) is 43.9 Å². The molecule has 0 bridgehead atoms. The second kappa shape index (κ2) is 11.4. The van der Waals surface area contributed by atoms with Gasteiger partial charge in [-0.1, -0.05) is 38.1 Å². The predicted octanol–water partition coefficient (Wildman–Crippen LogP) is 5.82. The first kappa shape index (κ1) is 28.0. The van der Waals surface area contributed by atoms with E-state index < -0.39 is 0 Å². The van der Waals surface area contributed by atoms with Crippen molar-refractivity contribution in [3.8, 4) is 11.1 Å². The monoisotopic (exact) mass is 593 g/mol. The van der Waals surface area contributed by atoms with Gasteiger partial charge in [-0.2, -0.15) is 10.1 Å². The van der Waals surface area contributed by atoms with Gasteiger partial charge in [-0.15, -0.1) is 10.2 Å². The number of rotatable bonds is 7. The van der Waals surface area contributed by atoms with Crippen molar-refractivity contribution in [2.45, 2.75) is 44.8 Å². The fourth-order valence-electron chi connectivity index (χ4n) is 6.49. The van der Waals surface area contributed by atoms with Gasteiger partial charge in [0, 0.05) is 55.7 Å². The molecule has 1 fully saturated rings. The van der Waals surface area contributed by atoms with Crippen LogP contribution >= 0.6 is 0 Å². The van der Waals surface area contributed by atoms with Crippen LogP contribution in [-0.4, -0.2) is 64.4 Å². The average molecular weight is 594 g/mol. The Labute approximate surface area is 253 Å². The van der Waals surface area contributed by atoms with Crippen LogP contribution in [0.4, 0.5) is 14.6 Å². The summed E-state index contributed by atoms with van der Waals surface area (Å²) in [6.07, 6.45) is 9.06.